The number of carbonyl (C=O) groups excluding carboxylic acids is 1. The molecule has 0 bridgehead atoms. The fourth-order valence-corrected chi connectivity index (χ4v) is 3.24. The molecule has 1 amide bonds. The van der Waals surface area contributed by atoms with Gasteiger partial charge in [-0.25, -0.2) is 13.1 Å². The second kappa shape index (κ2) is 8.73. The minimum absolute atomic E-state index is 0.0218. The monoisotopic (exact) mass is 361 g/mol. The van der Waals surface area contributed by atoms with Gasteiger partial charge in [-0.1, -0.05) is 26.0 Å². The molecule has 2 aromatic rings. The lowest BCUT2D eigenvalue weighted by Gasteiger charge is -2.11. The van der Waals surface area contributed by atoms with E-state index in [9.17, 15) is 13.2 Å². The molecule has 2 N–H and O–H groups in total. The second-order valence-electron chi connectivity index (χ2n) is 5.82. The fourth-order valence-electron chi connectivity index (χ4n) is 2.24. The molecule has 1 aromatic heterocycles. The molecule has 6 nitrogen and oxygen atoms in total. The average Bonchev–Trinajstić information content (AvgIpc) is 2.62. The first-order chi connectivity index (χ1) is 11.9. The van der Waals surface area contributed by atoms with Crippen LogP contribution >= 0.6 is 0 Å². The highest BCUT2D eigenvalue weighted by atomic mass is 32.2. The zero-order valence-corrected chi connectivity index (χ0v) is 15.2. The highest BCUT2D eigenvalue weighted by Gasteiger charge is 2.14. The predicted molar refractivity (Wildman–Crippen MR) is 97.8 cm³/mol. The first-order valence-corrected chi connectivity index (χ1v) is 9.70. The Labute approximate surface area is 148 Å². The second-order valence-corrected chi connectivity index (χ2v) is 7.58. The zero-order valence-electron chi connectivity index (χ0n) is 14.4. The van der Waals surface area contributed by atoms with E-state index in [0.29, 0.717) is 11.6 Å². The molecule has 25 heavy (non-hydrogen) atoms. The molecule has 1 atom stereocenters. The van der Waals surface area contributed by atoms with Crippen molar-refractivity contribution in [2.45, 2.75) is 37.5 Å². The molecule has 7 heteroatoms. The summed E-state index contributed by atoms with van der Waals surface area (Å²) in [4.78, 5) is 15.8. The molecule has 0 aliphatic rings. The summed E-state index contributed by atoms with van der Waals surface area (Å²) in [6.07, 6.45) is 3.87. The van der Waals surface area contributed by atoms with Crippen LogP contribution in [0.1, 0.15) is 38.2 Å². The van der Waals surface area contributed by atoms with Crippen LogP contribution in [0.25, 0.3) is 0 Å². The van der Waals surface area contributed by atoms with Crippen molar-refractivity contribution in [1.82, 2.24) is 9.71 Å². The van der Waals surface area contributed by atoms with Gasteiger partial charge in [0.05, 0.1) is 0 Å². The molecule has 0 saturated carbocycles. The predicted octanol–water partition coefficient (Wildman–Crippen LogP) is 2.90. The maximum Gasteiger partial charge on any atom is 0.242 e. The van der Waals surface area contributed by atoms with Crippen molar-refractivity contribution in [3.63, 3.8) is 0 Å². The molecule has 1 heterocycles. The Kier molecular flexibility index (Phi) is 6.66. The Morgan fingerprint density at radius 2 is 1.92 bits per heavy atom. The van der Waals surface area contributed by atoms with E-state index >= 15 is 0 Å². The molecule has 0 fully saturated rings. The van der Waals surface area contributed by atoms with Crippen LogP contribution in [0.3, 0.4) is 0 Å². The third-order valence-electron chi connectivity index (χ3n) is 3.96. The molecule has 1 aromatic carbocycles. The number of amides is 1. The van der Waals surface area contributed by atoms with Gasteiger partial charge in [-0.15, -0.1) is 0 Å². The van der Waals surface area contributed by atoms with Gasteiger partial charge >= 0.3 is 0 Å². The van der Waals surface area contributed by atoms with Crippen molar-refractivity contribution >= 4 is 21.6 Å². The lowest BCUT2D eigenvalue weighted by atomic mass is 9.99. The van der Waals surface area contributed by atoms with E-state index in [0.717, 1.165) is 6.42 Å². The smallest absolute Gasteiger partial charge is 0.242 e. The highest BCUT2D eigenvalue weighted by Crippen LogP contribution is 2.20. The molecule has 0 saturated heterocycles. The van der Waals surface area contributed by atoms with Crippen LogP contribution in [0.5, 0.6) is 0 Å². The number of sulfonamides is 1. The lowest BCUT2D eigenvalue weighted by Crippen LogP contribution is -2.27. The highest BCUT2D eigenvalue weighted by molar-refractivity contribution is 7.89. The van der Waals surface area contributed by atoms with E-state index in [-0.39, 0.29) is 23.8 Å². The van der Waals surface area contributed by atoms with Crippen LogP contribution < -0.4 is 10.0 Å². The number of hydrogen-bond acceptors (Lipinski definition) is 4. The van der Waals surface area contributed by atoms with Gasteiger partial charge in [-0.05, 0) is 42.2 Å². The fraction of sp³-hybridized carbons (Fsp3) is 0.333. The Balaban J connectivity index is 1.83. The number of pyridine rings is 1. The van der Waals surface area contributed by atoms with Gasteiger partial charge in [-0.3, -0.25) is 9.78 Å². The van der Waals surface area contributed by atoms with Gasteiger partial charge in [0.2, 0.25) is 15.9 Å². The summed E-state index contributed by atoms with van der Waals surface area (Å²) in [5, 5.41) is 2.77. The maximum atomic E-state index is 12.0. The van der Waals surface area contributed by atoms with Crippen molar-refractivity contribution in [2.24, 2.45) is 0 Å². The SMILES string of the molecule is CCC(C)c1ccc(NC(=O)CCNS(=O)(=O)c2cccnc2)cc1. The minimum Gasteiger partial charge on any atom is -0.326 e. The van der Waals surface area contributed by atoms with Crippen LogP contribution in [0.15, 0.2) is 53.7 Å². The molecular formula is C18H23N3O3S. The summed E-state index contributed by atoms with van der Waals surface area (Å²) < 4.78 is 26.4. The van der Waals surface area contributed by atoms with E-state index in [1.807, 2.05) is 24.3 Å². The number of carbonyl (C=O) groups is 1. The topological polar surface area (TPSA) is 88.2 Å². The maximum absolute atomic E-state index is 12.0. The van der Waals surface area contributed by atoms with Crippen molar-refractivity contribution in [3.8, 4) is 0 Å². The lowest BCUT2D eigenvalue weighted by molar-refractivity contribution is -0.116. The Morgan fingerprint density at radius 1 is 1.20 bits per heavy atom. The first kappa shape index (κ1) is 19.1. The van der Waals surface area contributed by atoms with E-state index in [1.54, 1.807) is 6.07 Å². The van der Waals surface area contributed by atoms with Crippen LogP contribution in [-0.2, 0) is 14.8 Å². The Morgan fingerprint density at radius 3 is 2.52 bits per heavy atom. The molecule has 0 spiro atoms. The number of aromatic nitrogens is 1. The van der Waals surface area contributed by atoms with E-state index in [4.69, 9.17) is 0 Å². The minimum atomic E-state index is -3.64. The van der Waals surface area contributed by atoms with Gasteiger partial charge in [0.15, 0.2) is 0 Å². The largest absolute Gasteiger partial charge is 0.326 e. The van der Waals surface area contributed by atoms with Crippen molar-refractivity contribution in [1.29, 1.82) is 0 Å². The summed E-state index contributed by atoms with van der Waals surface area (Å²) in [5.41, 5.74) is 1.93. The average molecular weight is 361 g/mol. The van der Waals surface area contributed by atoms with Gasteiger partial charge in [-0.2, -0.15) is 0 Å². The first-order valence-electron chi connectivity index (χ1n) is 8.22. The summed E-state index contributed by atoms with van der Waals surface area (Å²) in [6.45, 7) is 4.31. The number of benzene rings is 1. The summed E-state index contributed by atoms with van der Waals surface area (Å²) in [6, 6.07) is 10.7. The summed E-state index contributed by atoms with van der Waals surface area (Å²) >= 11 is 0. The normalized spacial score (nSPS) is 12.6. The number of nitrogens with zero attached hydrogens (tertiary/aromatic N) is 1. The van der Waals surface area contributed by atoms with E-state index in [1.165, 1.54) is 24.0 Å². The summed E-state index contributed by atoms with van der Waals surface area (Å²) in [5.74, 6) is 0.233. The van der Waals surface area contributed by atoms with Crippen LogP contribution in [0.4, 0.5) is 5.69 Å². The molecule has 2 rings (SSSR count). The van der Waals surface area contributed by atoms with Gasteiger partial charge in [0, 0.05) is 31.0 Å². The molecule has 0 aliphatic carbocycles. The van der Waals surface area contributed by atoms with Gasteiger partial charge in [0.25, 0.3) is 0 Å². The molecule has 1 unspecified atom stereocenters. The molecule has 0 aliphatic heterocycles. The van der Waals surface area contributed by atoms with Crippen molar-refractivity contribution < 1.29 is 13.2 Å². The van der Waals surface area contributed by atoms with E-state index in [2.05, 4.69) is 28.9 Å². The van der Waals surface area contributed by atoms with Gasteiger partial charge < -0.3 is 5.32 Å². The standard InChI is InChI=1S/C18H23N3O3S/c1-3-14(2)15-6-8-16(9-7-15)21-18(22)10-12-20-25(23,24)17-5-4-11-19-13-17/h4-9,11,13-14,20H,3,10,12H2,1-2H3,(H,21,22). The van der Waals surface area contributed by atoms with Crippen molar-refractivity contribution in [3.05, 3.63) is 54.4 Å². The van der Waals surface area contributed by atoms with Crippen LogP contribution in [0, 0.1) is 0 Å². The number of anilines is 1. The van der Waals surface area contributed by atoms with Crippen LogP contribution in [-0.4, -0.2) is 25.9 Å². The number of nitrogens with one attached hydrogen (secondary N) is 2. The zero-order chi connectivity index (χ0) is 18.3. The molecular weight excluding hydrogens is 338 g/mol. The van der Waals surface area contributed by atoms with Gasteiger partial charge in [0.1, 0.15) is 4.90 Å². The van der Waals surface area contributed by atoms with Crippen LogP contribution in [0.2, 0.25) is 0 Å². The third kappa shape index (κ3) is 5.65. The van der Waals surface area contributed by atoms with E-state index < -0.39 is 10.0 Å². The number of hydrogen-bond donors (Lipinski definition) is 2. The molecule has 134 valence electrons. The summed E-state index contributed by atoms with van der Waals surface area (Å²) in [7, 11) is -3.64. The number of rotatable bonds is 8. The van der Waals surface area contributed by atoms with Crippen molar-refractivity contribution in [2.75, 3.05) is 11.9 Å². The third-order valence-corrected chi connectivity index (χ3v) is 5.41. The molecule has 0 radical (unpaired) electrons. The Hall–Kier alpha value is -2.25. The Bertz CT molecular complexity index is 790. The quantitative estimate of drug-likeness (QED) is 0.757.